The van der Waals surface area contributed by atoms with Crippen LogP contribution in [0.3, 0.4) is 0 Å². The number of carbonyl (C=O) groups is 2. The fraction of sp³-hybridized carbons (Fsp3) is 0.524. The van der Waals surface area contributed by atoms with E-state index in [0.29, 0.717) is 11.8 Å². The number of fused-ring (bicyclic) bond motifs is 1. The topological polar surface area (TPSA) is 65.2 Å². The number of nitrogens with one attached hydrogen (secondary N) is 2. The van der Waals surface area contributed by atoms with Crippen LogP contribution in [0.2, 0.25) is 0 Å². The molecule has 2 atom stereocenters. The van der Waals surface area contributed by atoms with Crippen LogP contribution in [0.15, 0.2) is 30.5 Å². The monoisotopic (exact) mass is 353 g/mol. The molecule has 1 spiro atoms. The number of likely N-dealkylation sites (tertiary alicyclic amines) is 1. The Kier molecular flexibility index (Phi) is 4.25. The number of hydrogen-bond acceptors (Lipinski definition) is 2. The van der Waals surface area contributed by atoms with Crippen LogP contribution in [0.4, 0.5) is 0 Å². The van der Waals surface area contributed by atoms with E-state index in [0.717, 1.165) is 29.4 Å². The van der Waals surface area contributed by atoms with E-state index in [9.17, 15) is 9.59 Å². The van der Waals surface area contributed by atoms with Crippen molar-refractivity contribution in [2.75, 3.05) is 6.54 Å². The predicted molar refractivity (Wildman–Crippen MR) is 102 cm³/mol. The Morgan fingerprint density at radius 3 is 2.77 bits per heavy atom. The number of aromatic nitrogens is 1. The van der Waals surface area contributed by atoms with Crippen LogP contribution in [0.5, 0.6) is 0 Å². The van der Waals surface area contributed by atoms with Crippen molar-refractivity contribution >= 4 is 22.7 Å². The van der Waals surface area contributed by atoms with Crippen molar-refractivity contribution in [2.24, 2.45) is 5.41 Å². The summed E-state index contributed by atoms with van der Waals surface area (Å²) in [7, 11) is 0. The lowest BCUT2D eigenvalue weighted by Gasteiger charge is -2.38. The highest BCUT2D eigenvalue weighted by Gasteiger charge is 2.48. The second kappa shape index (κ2) is 6.45. The number of benzene rings is 1. The van der Waals surface area contributed by atoms with Gasteiger partial charge in [0.25, 0.3) is 0 Å². The number of carbonyl (C=O) groups excluding carboxylic acids is 2. The highest BCUT2D eigenvalue weighted by molar-refractivity contribution is 5.89. The van der Waals surface area contributed by atoms with Gasteiger partial charge in [0.1, 0.15) is 6.04 Å². The molecule has 5 heteroatoms. The minimum Gasteiger partial charge on any atom is -0.361 e. The average Bonchev–Trinajstić information content (AvgIpc) is 3.15. The van der Waals surface area contributed by atoms with Crippen molar-refractivity contribution < 1.29 is 9.59 Å². The Labute approximate surface area is 154 Å². The molecule has 1 aliphatic carbocycles. The SMILES string of the molecule is CC(=O)N[C@@H](Cc1c[nH]c2ccccc12)C(=O)N1CC2(CCC2)C[C@@H]1C. The minimum atomic E-state index is -0.510. The van der Waals surface area contributed by atoms with E-state index in [-0.39, 0.29) is 17.9 Å². The maximum Gasteiger partial charge on any atom is 0.245 e. The first-order valence-electron chi connectivity index (χ1n) is 9.60. The predicted octanol–water partition coefficient (Wildman–Crippen LogP) is 3.01. The number of aromatic amines is 1. The lowest BCUT2D eigenvalue weighted by Crippen LogP contribution is -2.50. The molecule has 1 aromatic carbocycles. The third-order valence-electron chi connectivity index (χ3n) is 6.24. The summed E-state index contributed by atoms with van der Waals surface area (Å²) in [6, 6.07) is 7.81. The zero-order chi connectivity index (χ0) is 18.3. The van der Waals surface area contributed by atoms with Crippen LogP contribution in [0.25, 0.3) is 10.9 Å². The quantitative estimate of drug-likeness (QED) is 0.887. The van der Waals surface area contributed by atoms with Gasteiger partial charge in [0, 0.05) is 43.0 Å². The van der Waals surface area contributed by atoms with Crippen molar-refractivity contribution in [3.63, 3.8) is 0 Å². The smallest absolute Gasteiger partial charge is 0.245 e. The molecule has 2 amide bonds. The van der Waals surface area contributed by atoms with E-state index >= 15 is 0 Å². The molecule has 1 aliphatic heterocycles. The number of amides is 2. The van der Waals surface area contributed by atoms with Gasteiger partial charge in [-0.25, -0.2) is 0 Å². The Morgan fingerprint density at radius 2 is 2.12 bits per heavy atom. The molecule has 0 radical (unpaired) electrons. The summed E-state index contributed by atoms with van der Waals surface area (Å²) in [5.41, 5.74) is 2.47. The Hall–Kier alpha value is -2.30. The van der Waals surface area contributed by atoms with Gasteiger partial charge < -0.3 is 15.2 Å². The minimum absolute atomic E-state index is 0.0572. The van der Waals surface area contributed by atoms with Gasteiger partial charge in [-0.1, -0.05) is 24.6 Å². The van der Waals surface area contributed by atoms with Gasteiger partial charge in [0.2, 0.25) is 11.8 Å². The molecule has 138 valence electrons. The Morgan fingerprint density at radius 1 is 1.35 bits per heavy atom. The van der Waals surface area contributed by atoms with Crippen molar-refractivity contribution in [3.8, 4) is 0 Å². The molecular weight excluding hydrogens is 326 g/mol. The Bertz CT molecular complexity index is 837. The van der Waals surface area contributed by atoms with E-state index in [4.69, 9.17) is 0 Å². The first-order chi connectivity index (χ1) is 12.5. The number of rotatable bonds is 4. The van der Waals surface area contributed by atoms with Gasteiger partial charge in [0.05, 0.1) is 0 Å². The number of hydrogen-bond donors (Lipinski definition) is 2. The van der Waals surface area contributed by atoms with Gasteiger partial charge in [0.15, 0.2) is 0 Å². The summed E-state index contributed by atoms with van der Waals surface area (Å²) in [5, 5.41) is 4.01. The van der Waals surface area contributed by atoms with Gasteiger partial charge in [-0.05, 0) is 43.2 Å². The third-order valence-corrected chi connectivity index (χ3v) is 6.24. The summed E-state index contributed by atoms with van der Waals surface area (Å²) in [6.45, 7) is 4.47. The lowest BCUT2D eigenvalue weighted by molar-refractivity contribution is -0.137. The molecular formula is C21H27N3O2. The number of nitrogens with zero attached hydrogens (tertiary/aromatic N) is 1. The highest BCUT2D eigenvalue weighted by Crippen LogP contribution is 2.50. The fourth-order valence-corrected chi connectivity index (χ4v) is 4.82. The third kappa shape index (κ3) is 3.00. The van der Waals surface area contributed by atoms with Crippen LogP contribution >= 0.6 is 0 Å². The van der Waals surface area contributed by atoms with E-state index in [1.165, 1.54) is 26.2 Å². The van der Waals surface area contributed by atoms with Crippen LogP contribution in [-0.4, -0.2) is 40.3 Å². The summed E-state index contributed by atoms with van der Waals surface area (Å²) in [6.07, 6.45) is 7.30. The fourth-order valence-electron chi connectivity index (χ4n) is 4.82. The van der Waals surface area contributed by atoms with Gasteiger partial charge in [-0.15, -0.1) is 0 Å². The molecule has 4 rings (SSSR count). The molecule has 1 saturated carbocycles. The molecule has 5 nitrogen and oxygen atoms in total. The molecule has 2 heterocycles. The maximum absolute atomic E-state index is 13.3. The first kappa shape index (κ1) is 17.1. The number of para-hydroxylation sites is 1. The number of H-pyrrole nitrogens is 1. The zero-order valence-corrected chi connectivity index (χ0v) is 15.5. The summed E-state index contributed by atoms with van der Waals surface area (Å²) in [5.74, 6) is -0.102. The molecule has 2 aliphatic rings. The van der Waals surface area contributed by atoms with Crippen LogP contribution in [0.1, 0.15) is 45.1 Å². The standard InChI is InChI=1S/C21H27N3O2/c1-14-11-21(8-5-9-21)13-24(14)20(26)19(23-15(2)25)10-16-12-22-18-7-4-3-6-17(16)18/h3-4,6-7,12,14,19,22H,5,8-11,13H2,1-2H3,(H,23,25)/t14-,19-/m0/s1. The van der Waals surface area contributed by atoms with Crippen molar-refractivity contribution in [3.05, 3.63) is 36.0 Å². The van der Waals surface area contributed by atoms with E-state index < -0.39 is 6.04 Å². The molecule has 0 bridgehead atoms. The average molecular weight is 353 g/mol. The van der Waals surface area contributed by atoms with E-state index in [2.05, 4.69) is 23.3 Å². The molecule has 1 aromatic heterocycles. The van der Waals surface area contributed by atoms with Gasteiger partial charge in [-0.3, -0.25) is 9.59 Å². The molecule has 2 aromatic rings. The van der Waals surface area contributed by atoms with E-state index in [1.807, 2.05) is 29.3 Å². The maximum atomic E-state index is 13.3. The summed E-state index contributed by atoms with van der Waals surface area (Å²) in [4.78, 5) is 30.3. The highest BCUT2D eigenvalue weighted by atomic mass is 16.2. The Balaban J connectivity index is 1.56. The normalized spacial score (nSPS) is 22.4. The zero-order valence-electron chi connectivity index (χ0n) is 15.5. The van der Waals surface area contributed by atoms with Crippen LogP contribution in [-0.2, 0) is 16.0 Å². The molecule has 0 unspecified atom stereocenters. The van der Waals surface area contributed by atoms with Crippen molar-refractivity contribution in [2.45, 2.75) is 58.0 Å². The second-order valence-corrected chi connectivity index (χ2v) is 8.19. The summed E-state index contributed by atoms with van der Waals surface area (Å²) >= 11 is 0. The van der Waals surface area contributed by atoms with Gasteiger partial charge >= 0.3 is 0 Å². The lowest BCUT2D eigenvalue weighted by atomic mass is 9.68. The van der Waals surface area contributed by atoms with E-state index in [1.54, 1.807) is 0 Å². The largest absolute Gasteiger partial charge is 0.361 e. The van der Waals surface area contributed by atoms with Crippen LogP contribution < -0.4 is 5.32 Å². The molecule has 2 N–H and O–H groups in total. The summed E-state index contributed by atoms with van der Waals surface area (Å²) < 4.78 is 0. The molecule has 2 fully saturated rings. The second-order valence-electron chi connectivity index (χ2n) is 8.19. The van der Waals surface area contributed by atoms with Crippen LogP contribution in [0, 0.1) is 5.41 Å². The molecule has 26 heavy (non-hydrogen) atoms. The van der Waals surface area contributed by atoms with Crippen molar-refractivity contribution in [1.29, 1.82) is 0 Å². The van der Waals surface area contributed by atoms with Crippen molar-refractivity contribution in [1.82, 2.24) is 15.2 Å². The molecule has 1 saturated heterocycles. The first-order valence-corrected chi connectivity index (χ1v) is 9.60. The van der Waals surface area contributed by atoms with Gasteiger partial charge in [-0.2, -0.15) is 0 Å².